The topological polar surface area (TPSA) is 57.5 Å². The van der Waals surface area contributed by atoms with E-state index in [1.807, 2.05) is 0 Å². The first-order valence-corrected chi connectivity index (χ1v) is 3.55. The summed E-state index contributed by atoms with van der Waals surface area (Å²) in [7, 11) is 0. The monoisotopic (exact) mass is 156 g/mol. The largest absolute Gasteiger partial charge is 0.387 e. The minimum absolute atomic E-state index is 0.0104. The van der Waals surface area contributed by atoms with Gasteiger partial charge in [-0.3, -0.25) is 4.79 Å². The van der Waals surface area contributed by atoms with Crippen molar-refractivity contribution in [2.45, 2.75) is 32.0 Å². The molecule has 0 heterocycles. The van der Waals surface area contributed by atoms with Gasteiger partial charge in [-0.2, -0.15) is 0 Å². The molecule has 0 saturated carbocycles. The van der Waals surface area contributed by atoms with Gasteiger partial charge in [-0.05, 0) is 25.5 Å². The van der Waals surface area contributed by atoms with Crippen LogP contribution in [-0.4, -0.2) is 27.7 Å². The van der Waals surface area contributed by atoms with E-state index in [1.54, 1.807) is 6.92 Å². The van der Waals surface area contributed by atoms with Crippen LogP contribution in [-0.2, 0) is 4.79 Å². The van der Waals surface area contributed by atoms with Gasteiger partial charge in [0, 0.05) is 6.42 Å². The summed E-state index contributed by atoms with van der Waals surface area (Å²) in [5.41, 5.74) is -0.750. The fourth-order valence-electron chi connectivity index (χ4n) is 1.08. The van der Waals surface area contributed by atoms with Crippen LogP contribution in [0, 0.1) is 0 Å². The summed E-state index contributed by atoms with van der Waals surface area (Å²) in [5.74, 6) is -0.0969. The molecular weight excluding hydrogens is 144 g/mol. The fraction of sp³-hybridized carbons (Fsp3) is 0.625. The second kappa shape index (κ2) is 2.43. The minimum Gasteiger partial charge on any atom is -0.387 e. The maximum Gasteiger partial charge on any atom is 0.161 e. The lowest BCUT2D eigenvalue weighted by molar-refractivity contribution is -0.126. The van der Waals surface area contributed by atoms with Crippen molar-refractivity contribution in [1.29, 1.82) is 0 Å². The Morgan fingerprint density at radius 1 is 1.73 bits per heavy atom. The number of aliphatic hydroxyl groups is 2. The summed E-state index contributed by atoms with van der Waals surface area (Å²) in [4.78, 5) is 11.0. The second-order valence-corrected chi connectivity index (χ2v) is 3.25. The smallest absolute Gasteiger partial charge is 0.161 e. The summed E-state index contributed by atoms with van der Waals surface area (Å²) < 4.78 is 0. The van der Waals surface area contributed by atoms with Gasteiger partial charge in [0.15, 0.2) is 5.78 Å². The molecule has 11 heavy (non-hydrogen) atoms. The highest BCUT2D eigenvalue weighted by atomic mass is 16.3. The lowest BCUT2D eigenvalue weighted by Crippen LogP contribution is -2.43. The molecule has 0 saturated heterocycles. The molecule has 1 aliphatic carbocycles. The summed E-state index contributed by atoms with van der Waals surface area (Å²) in [5, 5.41) is 18.7. The molecule has 0 bridgehead atoms. The van der Waals surface area contributed by atoms with Gasteiger partial charge in [0.25, 0.3) is 0 Å². The highest BCUT2D eigenvalue weighted by Crippen LogP contribution is 2.24. The third kappa shape index (κ3) is 1.49. The highest BCUT2D eigenvalue weighted by Gasteiger charge is 2.35. The van der Waals surface area contributed by atoms with E-state index in [0.717, 1.165) is 0 Å². The SMILES string of the molecule is CC1=C[C@@H](O)[C@@](C)(O)CC1=O. The Bertz CT molecular complexity index is 215. The van der Waals surface area contributed by atoms with Crippen LogP contribution in [0.5, 0.6) is 0 Å². The fourth-order valence-corrected chi connectivity index (χ4v) is 1.08. The van der Waals surface area contributed by atoms with Gasteiger partial charge in [-0.25, -0.2) is 0 Å². The molecule has 0 fully saturated rings. The minimum atomic E-state index is -1.28. The van der Waals surface area contributed by atoms with Crippen LogP contribution in [0.3, 0.4) is 0 Å². The van der Waals surface area contributed by atoms with Gasteiger partial charge in [0.1, 0.15) is 6.10 Å². The standard InChI is InChI=1S/C8H12O3/c1-5-3-7(10)8(2,11)4-6(5)9/h3,7,10-11H,4H2,1-2H3/t7-,8+/m1/s1. The number of allylic oxidation sites excluding steroid dienone is 1. The molecule has 2 N–H and O–H groups in total. The summed E-state index contributed by atoms with van der Waals surface area (Å²) in [6, 6.07) is 0. The predicted octanol–water partition coefficient (Wildman–Crippen LogP) is 0.0174. The van der Waals surface area contributed by atoms with E-state index >= 15 is 0 Å². The average molecular weight is 156 g/mol. The quantitative estimate of drug-likeness (QED) is 0.519. The molecule has 0 aromatic rings. The van der Waals surface area contributed by atoms with Crippen LogP contribution in [0.2, 0.25) is 0 Å². The zero-order valence-electron chi connectivity index (χ0n) is 6.66. The first kappa shape index (κ1) is 8.43. The molecule has 0 aromatic heterocycles. The van der Waals surface area contributed by atoms with Crippen molar-refractivity contribution in [3.05, 3.63) is 11.6 Å². The van der Waals surface area contributed by atoms with Crippen LogP contribution in [0.25, 0.3) is 0 Å². The first-order chi connectivity index (χ1) is 4.93. The number of rotatable bonds is 0. The number of aliphatic hydroxyl groups excluding tert-OH is 1. The lowest BCUT2D eigenvalue weighted by atomic mass is 9.84. The van der Waals surface area contributed by atoms with Crippen molar-refractivity contribution in [3.63, 3.8) is 0 Å². The number of ketones is 1. The molecule has 0 spiro atoms. The Hall–Kier alpha value is -0.670. The van der Waals surface area contributed by atoms with Crippen molar-refractivity contribution in [1.82, 2.24) is 0 Å². The molecule has 1 rings (SSSR count). The molecular formula is C8H12O3. The number of Topliss-reactive ketones (excluding diaryl/α,β-unsaturated/α-hetero) is 1. The van der Waals surface area contributed by atoms with Gasteiger partial charge >= 0.3 is 0 Å². The molecule has 0 amide bonds. The van der Waals surface area contributed by atoms with Crippen LogP contribution in [0.1, 0.15) is 20.3 Å². The van der Waals surface area contributed by atoms with Crippen molar-refractivity contribution in [2.75, 3.05) is 0 Å². The molecule has 62 valence electrons. The third-order valence-corrected chi connectivity index (χ3v) is 2.00. The first-order valence-electron chi connectivity index (χ1n) is 3.55. The van der Waals surface area contributed by atoms with Crippen LogP contribution >= 0.6 is 0 Å². The maximum absolute atomic E-state index is 11.0. The lowest BCUT2D eigenvalue weighted by Gasteiger charge is -2.30. The van der Waals surface area contributed by atoms with Crippen LogP contribution < -0.4 is 0 Å². The zero-order valence-corrected chi connectivity index (χ0v) is 6.66. The Morgan fingerprint density at radius 2 is 2.27 bits per heavy atom. The number of hydrogen-bond donors (Lipinski definition) is 2. The number of hydrogen-bond acceptors (Lipinski definition) is 3. The molecule has 0 radical (unpaired) electrons. The van der Waals surface area contributed by atoms with Crippen LogP contribution in [0.4, 0.5) is 0 Å². The van der Waals surface area contributed by atoms with Gasteiger partial charge in [0.05, 0.1) is 5.60 Å². The van der Waals surface area contributed by atoms with E-state index in [0.29, 0.717) is 5.57 Å². The van der Waals surface area contributed by atoms with E-state index in [9.17, 15) is 15.0 Å². The maximum atomic E-state index is 11.0. The van der Waals surface area contributed by atoms with Crippen molar-refractivity contribution >= 4 is 5.78 Å². The van der Waals surface area contributed by atoms with Gasteiger partial charge in [-0.15, -0.1) is 0 Å². The van der Waals surface area contributed by atoms with Crippen molar-refractivity contribution in [2.24, 2.45) is 0 Å². The summed E-state index contributed by atoms with van der Waals surface area (Å²) >= 11 is 0. The molecule has 0 aromatic carbocycles. The Labute approximate surface area is 65.3 Å². The number of carbonyl (C=O) groups is 1. The molecule has 0 unspecified atom stereocenters. The summed E-state index contributed by atoms with van der Waals surface area (Å²) in [6.45, 7) is 3.10. The predicted molar refractivity (Wildman–Crippen MR) is 40.0 cm³/mol. The molecule has 3 heteroatoms. The molecule has 2 atom stereocenters. The average Bonchev–Trinajstić information content (AvgIpc) is 1.83. The van der Waals surface area contributed by atoms with Crippen molar-refractivity contribution in [3.8, 4) is 0 Å². The molecule has 1 aliphatic rings. The van der Waals surface area contributed by atoms with Crippen molar-refractivity contribution < 1.29 is 15.0 Å². The van der Waals surface area contributed by atoms with Gasteiger partial charge in [-0.1, -0.05) is 0 Å². The normalized spacial score (nSPS) is 38.7. The highest BCUT2D eigenvalue weighted by molar-refractivity contribution is 5.96. The molecule has 3 nitrogen and oxygen atoms in total. The Kier molecular flexibility index (Phi) is 1.86. The van der Waals surface area contributed by atoms with E-state index in [-0.39, 0.29) is 12.2 Å². The molecule has 0 aliphatic heterocycles. The zero-order chi connectivity index (χ0) is 8.65. The van der Waals surface area contributed by atoms with E-state index in [4.69, 9.17) is 0 Å². The van der Waals surface area contributed by atoms with Crippen LogP contribution in [0.15, 0.2) is 11.6 Å². The van der Waals surface area contributed by atoms with E-state index in [1.165, 1.54) is 13.0 Å². The van der Waals surface area contributed by atoms with E-state index < -0.39 is 11.7 Å². The Balaban J connectivity index is 2.93. The van der Waals surface area contributed by atoms with Gasteiger partial charge in [0.2, 0.25) is 0 Å². The number of carbonyl (C=O) groups excluding carboxylic acids is 1. The second-order valence-electron chi connectivity index (χ2n) is 3.25. The third-order valence-electron chi connectivity index (χ3n) is 2.00. The van der Waals surface area contributed by atoms with E-state index in [2.05, 4.69) is 0 Å². The Morgan fingerprint density at radius 3 is 2.73 bits per heavy atom. The summed E-state index contributed by atoms with van der Waals surface area (Å²) in [6.07, 6.45) is 0.489. The van der Waals surface area contributed by atoms with Gasteiger partial charge < -0.3 is 10.2 Å².